The minimum Gasteiger partial charge on any atom is -0.342 e. The van der Waals surface area contributed by atoms with Gasteiger partial charge in [-0.2, -0.15) is 5.10 Å². The van der Waals surface area contributed by atoms with Gasteiger partial charge in [0, 0.05) is 19.3 Å². The molecule has 20 heavy (non-hydrogen) atoms. The Labute approximate surface area is 117 Å². The molecule has 2 N–H and O–H groups in total. The Morgan fingerprint density at radius 1 is 1.05 bits per heavy atom. The SMILES string of the molecule is CC(C)Cc1nc(CCc2nc3ccccc3[nH]2)n[nH]1. The summed E-state index contributed by atoms with van der Waals surface area (Å²) in [5.74, 6) is 3.41. The molecule has 1 aromatic carbocycles. The van der Waals surface area contributed by atoms with Crippen LogP contribution < -0.4 is 0 Å². The molecule has 104 valence electrons. The van der Waals surface area contributed by atoms with Crippen LogP contribution >= 0.6 is 0 Å². The number of aromatic nitrogens is 5. The summed E-state index contributed by atoms with van der Waals surface area (Å²) in [6, 6.07) is 8.07. The summed E-state index contributed by atoms with van der Waals surface area (Å²) in [6.45, 7) is 4.35. The van der Waals surface area contributed by atoms with E-state index in [0.29, 0.717) is 5.92 Å². The molecule has 0 amide bonds. The zero-order valence-corrected chi connectivity index (χ0v) is 11.8. The maximum absolute atomic E-state index is 4.56. The van der Waals surface area contributed by atoms with Crippen LogP contribution in [0.25, 0.3) is 11.0 Å². The minimum atomic E-state index is 0.589. The quantitative estimate of drug-likeness (QED) is 0.748. The van der Waals surface area contributed by atoms with Crippen LogP contribution in [0.15, 0.2) is 24.3 Å². The van der Waals surface area contributed by atoms with Crippen molar-refractivity contribution in [3.63, 3.8) is 0 Å². The molecule has 0 fully saturated rings. The monoisotopic (exact) mass is 269 g/mol. The molecule has 0 unspecified atom stereocenters. The van der Waals surface area contributed by atoms with E-state index >= 15 is 0 Å². The molecule has 2 aromatic heterocycles. The molecule has 2 heterocycles. The van der Waals surface area contributed by atoms with Crippen LogP contribution in [-0.4, -0.2) is 25.1 Å². The molecule has 0 aliphatic rings. The molecule has 0 spiro atoms. The second-order valence-corrected chi connectivity index (χ2v) is 5.50. The van der Waals surface area contributed by atoms with E-state index in [2.05, 4.69) is 39.0 Å². The van der Waals surface area contributed by atoms with Crippen molar-refractivity contribution in [1.82, 2.24) is 25.1 Å². The van der Waals surface area contributed by atoms with E-state index in [9.17, 15) is 0 Å². The first-order valence-electron chi connectivity index (χ1n) is 7.04. The Bertz CT molecular complexity index is 662. The topological polar surface area (TPSA) is 70.2 Å². The Kier molecular flexibility index (Phi) is 3.50. The molecule has 0 aliphatic carbocycles. The lowest BCUT2D eigenvalue weighted by atomic mass is 10.1. The van der Waals surface area contributed by atoms with Gasteiger partial charge in [-0.3, -0.25) is 5.10 Å². The van der Waals surface area contributed by atoms with E-state index < -0.39 is 0 Å². The number of hydrogen-bond acceptors (Lipinski definition) is 3. The van der Waals surface area contributed by atoms with Crippen LogP contribution in [0.3, 0.4) is 0 Å². The van der Waals surface area contributed by atoms with E-state index in [0.717, 1.165) is 47.8 Å². The van der Waals surface area contributed by atoms with E-state index in [-0.39, 0.29) is 0 Å². The number of hydrogen-bond donors (Lipinski definition) is 2. The second kappa shape index (κ2) is 5.45. The molecule has 0 aliphatic heterocycles. The third kappa shape index (κ3) is 2.87. The number of para-hydroxylation sites is 2. The summed E-state index contributed by atoms with van der Waals surface area (Å²) in [5.41, 5.74) is 2.09. The van der Waals surface area contributed by atoms with Gasteiger partial charge in [-0.05, 0) is 18.1 Å². The van der Waals surface area contributed by atoms with Crippen LogP contribution in [0.1, 0.15) is 31.3 Å². The molecule has 0 saturated heterocycles. The van der Waals surface area contributed by atoms with Crippen molar-refractivity contribution in [3.05, 3.63) is 41.7 Å². The molecule has 0 bridgehead atoms. The molecular formula is C15H19N5. The first-order chi connectivity index (χ1) is 9.70. The zero-order valence-electron chi connectivity index (χ0n) is 11.8. The molecule has 0 saturated carbocycles. The number of nitrogens with one attached hydrogen (secondary N) is 2. The maximum atomic E-state index is 4.56. The van der Waals surface area contributed by atoms with Crippen molar-refractivity contribution in [2.24, 2.45) is 5.92 Å². The van der Waals surface area contributed by atoms with Crippen LogP contribution in [0, 0.1) is 5.92 Å². The summed E-state index contributed by atoms with van der Waals surface area (Å²) in [7, 11) is 0. The van der Waals surface area contributed by atoms with Crippen LogP contribution in [0.5, 0.6) is 0 Å². The van der Waals surface area contributed by atoms with E-state index in [4.69, 9.17) is 0 Å². The lowest BCUT2D eigenvalue weighted by molar-refractivity contribution is 0.622. The Morgan fingerprint density at radius 3 is 2.70 bits per heavy atom. The average molecular weight is 269 g/mol. The zero-order chi connectivity index (χ0) is 13.9. The number of aromatic amines is 2. The highest BCUT2D eigenvalue weighted by atomic mass is 15.2. The van der Waals surface area contributed by atoms with Gasteiger partial charge in [0.1, 0.15) is 11.6 Å². The van der Waals surface area contributed by atoms with Gasteiger partial charge < -0.3 is 4.98 Å². The molecule has 0 atom stereocenters. The number of nitrogens with zero attached hydrogens (tertiary/aromatic N) is 3. The number of imidazole rings is 1. The first-order valence-corrected chi connectivity index (χ1v) is 7.04. The smallest absolute Gasteiger partial charge is 0.151 e. The normalized spacial score (nSPS) is 11.6. The van der Waals surface area contributed by atoms with Gasteiger partial charge in [0.2, 0.25) is 0 Å². The largest absolute Gasteiger partial charge is 0.342 e. The molecule has 3 rings (SSSR count). The summed E-state index contributed by atoms with van der Waals surface area (Å²) < 4.78 is 0. The third-order valence-corrected chi connectivity index (χ3v) is 3.20. The van der Waals surface area contributed by atoms with Crippen LogP contribution in [0.2, 0.25) is 0 Å². The van der Waals surface area contributed by atoms with Crippen molar-refractivity contribution in [3.8, 4) is 0 Å². The lowest BCUT2D eigenvalue weighted by Crippen LogP contribution is -1.97. The lowest BCUT2D eigenvalue weighted by Gasteiger charge is -1.97. The number of benzene rings is 1. The summed E-state index contributed by atoms with van der Waals surface area (Å²) >= 11 is 0. The highest BCUT2D eigenvalue weighted by Crippen LogP contribution is 2.11. The van der Waals surface area contributed by atoms with Gasteiger partial charge >= 0.3 is 0 Å². The fraction of sp³-hybridized carbons (Fsp3) is 0.400. The van der Waals surface area contributed by atoms with Crippen molar-refractivity contribution in [1.29, 1.82) is 0 Å². The molecule has 3 aromatic rings. The highest BCUT2D eigenvalue weighted by Gasteiger charge is 2.07. The maximum Gasteiger partial charge on any atom is 0.151 e. The molecule has 0 radical (unpaired) electrons. The number of rotatable bonds is 5. The summed E-state index contributed by atoms with van der Waals surface area (Å²) in [6.07, 6.45) is 2.57. The van der Waals surface area contributed by atoms with Crippen molar-refractivity contribution >= 4 is 11.0 Å². The summed E-state index contributed by atoms with van der Waals surface area (Å²) in [4.78, 5) is 12.4. The molecular weight excluding hydrogens is 250 g/mol. The third-order valence-electron chi connectivity index (χ3n) is 3.20. The van der Waals surface area contributed by atoms with Gasteiger partial charge in [-0.25, -0.2) is 9.97 Å². The second-order valence-electron chi connectivity index (χ2n) is 5.50. The standard InChI is InChI=1S/C15H19N5/c1-10(2)9-15-18-14(19-20-15)8-7-13-16-11-5-3-4-6-12(11)17-13/h3-6,10H,7-9H2,1-2H3,(H,16,17)(H,18,19,20). The Morgan fingerprint density at radius 2 is 1.90 bits per heavy atom. The van der Waals surface area contributed by atoms with E-state index in [1.807, 2.05) is 24.3 Å². The van der Waals surface area contributed by atoms with Gasteiger partial charge in [-0.15, -0.1) is 0 Å². The van der Waals surface area contributed by atoms with E-state index in [1.165, 1.54) is 0 Å². The number of aryl methyl sites for hydroxylation is 2. The van der Waals surface area contributed by atoms with Crippen LogP contribution in [-0.2, 0) is 19.3 Å². The van der Waals surface area contributed by atoms with Crippen molar-refractivity contribution in [2.45, 2.75) is 33.1 Å². The highest BCUT2D eigenvalue weighted by molar-refractivity contribution is 5.74. The fourth-order valence-corrected chi connectivity index (χ4v) is 2.28. The molecule has 5 nitrogen and oxygen atoms in total. The van der Waals surface area contributed by atoms with Crippen molar-refractivity contribution in [2.75, 3.05) is 0 Å². The number of fused-ring (bicyclic) bond motifs is 1. The summed E-state index contributed by atoms with van der Waals surface area (Å²) in [5, 5.41) is 7.27. The predicted octanol–water partition coefficient (Wildman–Crippen LogP) is 2.66. The first kappa shape index (κ1) is 12.8. The fourth-order valence-electron chi connectivity index (χ4n) is 2.28. The minimum absolute atomic E-state index is 0.589. The predicted molar refractivity (Wildman–Crippen MR) is 78.4 cm³/mol. The van der Waals surface area contributed by atoms with Crippen LogP contribution in [0.4, 0.5) is 0 Å². The Balaban J connectivity index is 1.65. The van der Waals surface area contributed by atoms with Crippen molar-refractivity contribution < 1.29 is 0 Å². The average Bonchev–Trinajstić information content (AvgIpc) is 3.01. The van der Waals surface area contributed by atoms with Gasteiger partial charge in [-0.1, -0.05) is 26.0 Å². The Hall–Kier alpha value is -2.17. The van der Waals surface area contributed by atoms with Gasteiger partial charge in [0.05, 0.1) is 11.0 Å². The van der Waals surface area contributed by atoms with Gasteiger partial charge in [0.15, 0.2) is 5.82 Å². The van der Waals surface area contributed by atoms with Gasteiger partial charge in [0.25, 0.3) is 0 Å². The van der Waals surface area contributed by atoms with E-state index in [1.54, 1.807) is 0 Å². The molecule has 5 heteroatoms. The number of H-pyrrole nitrogens is 2.